The van der Waals surface area contributed by atoms with Crippen LogP contribution in [0.3, 0.4) is 0 Å². The second kappa shape index (κ2) is 13.5. The maximum Gasteiger partial charge on any atom is 0.337 e. The molecule has 0 atom stereocenters. The van der Waals surface area contributed by atoms with Gasteiger partial charge in [0.05, 0.1) is 19.3 Å². The molecule has 0 spiro atoms. The van der Waals surface area contributed by atoms with Gasteiger partial charge in [0, 0.05) is 0 Å². The third kappa shape index (κ3) is 8.09. The Morgan fingerprint density at radius 2 is 1.33 bits per heavy atom. The zero-order valence-corrected chi connectivity index (χ0v) is 20.0. The molecule has 0 fully saturated rings. The van der Waals surface area contributed by atoms with E-state index >= 15 is 0 Å². The van der Waals surface area contributed by atoms with Crippen LogP contribution < -0.4 is 4.74 Å². The van der Waals surface area contributed by atoms with Gasteiger partial charge in [-0.15, -0.1) is 0 Å². The topological polar surface area (TPSA) is 35.5 Å². The highest BCUT2D eigenvalue weighted by Crippen LogP contribution is 2.23. The van der Waals surface area contributed by atoms with Crippen molar-refractivity contribution in [3.63, 3.8) is 0 Å². The number of esters is 1. The van der Waals surface area contributed by atoms with Gasteiger partial charge in [-0.1, -0.05) is 94.4 Å². The minimum atomic E-state index is -0.318. The molecule has 0 N–H and O–H groups in total. The number of carbonyl (C=O) groups excluding carboxylic acids is 1. The molecule has 33 heavy (non-hydrogen) atoms. The molecule has 3 nitrogen and oxygen atoms in total. The van der Waals surface area contributed by atoms with Crippen LogP contribution in [0.1, 0.15) is 79.8 Å². The molecule has 0 bridgehead atoms. The zero-order chi connectivity index (χ0) is 23.3. The van der Waals surface area contributed by atoms with Gasteiger partial charge in [0.25, 0.3) is 0 Å². The Balaban J connectivity index is 1.48. The van der Waals surface area contributed by atoms with E-state index in [0.717, 1.165) is 29.9 Å². The van der Waals surface area contributed by atoms with Crippen LogP contribution in [0, 0.1) is 0 Å². The highest BCUT2D eigenvalue weighted by atomic mass is 16.5. The van der Waals surface area contributed by atoms with Gasteiger partial charge in [-0.25, -0.2) is 4.79 Å². The fourth-order valence-corrected chi connectivity index (χ4v) is 3.90. The predicted octanol–water partition coefficient (Wildman–Crippen LogP) is 8.32. The summed E-state index contributed by atoms with van der Waals surface area (Å²) in [5, 5.41) is 2.38. The summed E-state index contributed by atoms with van der Waals surface area (Å²) in [7, 11) is 1.39. The molecule has 3 rings (SSSR count). The van der Waals surface area contributed by atoms with E-state index in [1.54, 1.807) is 12.1 Å². The fourth-order valence-electron chi connectivity index (χ4n) is 3.90. The summed E-state index contributed by atoms with van der Waals surface area (Å²) >= 11 is 0. The largest absolute Gasteiger partial charge is 0.494 e. The van der Waals surface area contributed by atoms with Crippen LogP contribution in [-0.2, 0) is 4.74 Å². The summed E-state index contributed by atoms with van der Waals surface area (Å²) in [5.41, 5.74) is 2.72. The Morgan fingerprint density at radius 3 is 2.06 bits per heavy atom. The third-order valence-corrected chi connectivity index (χ3v) is 5.90. The molecule has 0 aliphatic carbocycles. The van der Waals surface area contributed by atoms with Crippen molar-refractivity contribution in [1.82, 2.24) is 0 Å². The normalized spacial score (nSPS) is 11.2. The Morgan fingerprint density at radius 1 is 0.727 bits per heavy atom. The van der Waals surface area contributed by atoms with E-state index in [1.807, 2.05) is 18.2 Å². The second-order valence-electron chi connectivity index (χ2n) is 8.54. The van der Waals surface area contributed by atoms with E-state index in [2.05, 4.69) is 49.4 Å². The van der Waals surface area contributed by atoms with Crippen molar-refractivity contribution in [1.29, 1.82) is 0 Å². The summed E-state index contributed by atoms with van der Waals surface area (Å²) in [4.78, 5) is 11.5. The number of ether oxygens (including phenoxy) is 2. The number of fused-ring (bicyclic) bond motifs is 1. The third-order valence-electron chi connectivity index (χ3n) is 5.90. The number of rotatable bonds is 13. The van der Waals surface area contributed by atoms with Crippen molar-refractivity contribution in [2.24, 2.45) is 0 Å². The van der Waals surface area contributed by atoms with E-state index in [9.17, 15) is 4.79 Å². The highest BCUT2D eigenvalue weighted by Gasteiger charge is 2.03. The van der Waals surface area contributed by atoms with Crippen LogP contribution in [0.25, 0.3) is 22.9 Å². The molecule has 0 amide bonds. The highest BCUT2D eigenvalue weighted by molar-refractivity contribution is 5.90. The van der Waals surface area contributed by atoms with Crippen molar-refractivity contribution in [3.8, 4) is 5.75 Å². The molecular formula is C30H36O3. The lowest BCUT2D eigenvalue weighted by Gasteiger charge is -2.08. The predicted molar refractivity (Wildman–Crippen MR) is 139 cm³/mol. The van der Waals surface area contributed by atoms with Crippen molar-refractivity contribution in [3.05, 3.63) is 77.4 Å². The Hall–Kier alpha value is -3.07. The quantitative estimate of drug-likeness (QED) is 0.151. The van der Waals surface area contributed by atoms with E-state index in [0.29, 0.717) is 5.56 Å². The van der Waals surface area contributed by atoms with Gasteiger partial charge in [-0.3, -0.25) is 0 Å². The smallest absolute Gasteiger partial charge is 0.337 e. The van der Waals surface area contributed by atoms with Gasteiger partial charge in [-0.05, 0) is 58.7 Å². The summed E-state index contributed by atoms with van der Waals surface area (Å²) < 4.78 is 10.7. The molecular weight excluding hydrogens is 408 g/mol. The summed E-state index contributed by atoms with van der Waals surface area (Å²) in [5.74, 6) is 0.626. The first-order chi connectivity index (χ1) is 16.2. The number of benzene rings is 3. The maximum absolute atomic E-state index is 11.5. The van der Waals surface area contributed by atoms with E-state index < -0.39 is 0 Å². The first kappa shape index (κ1) is 24.6. The minimum absolute atomic E-state index is 0.318. The van der Waals surface area contributed by atoms with Gasteiger partial charge in [0.1, 0.15) is 5.75 Å². The summed E-state index contributed by atoms with van der Waals surface area (Å²) in [6.45, 7) is 3.05. The van der Waals surface area contributed by atoms with Crippen molar-refractivity contribution in [2.45, 2.75) is 58.3 Å². The first-order valence-electron chi connectivity index (χ1n) is 12.2. The number of hydrogen-bond donors (Lipinski definition) is 0. The number of carbonyl (C=O) groups is 1. The Kier molecular flexibility index (Phi) is 10.0. The lowest BCUT2D eigenvalue weighted by molar-refractivity contribution is 0.0600. The summed E-state index contributed by atoms with van der Waals surface area (Å²) in [6.07, 6.45) is 14.6. The molecule has 0 saturated carbocycles. The van der Waals surface area contributed by atoms with Crippen LogP contribution in [0.4, 0.5) is 0 Å². The fraction of sp³-hybridized carbons (Fsp3) is 0.367. The molecule has 3 heteroatoms. The number of unbranched alkanes of at least 4 members (excludes halogenated alkanes) is 7. The average molecular weight is 445 g/mol. The lowest BCUT2D eigenvalue weighted by atomic mass is 10.1. The molecule has 0 heterocycles. The van der Waals surface area contributed by atoms with Crippen molar-refractivity contribution < 1.29 is 14.3 Å². The van der Waals surface area contributed by atoms with Crippen LogP contribution in [0.2, 0.25) is 0 Å². The lowest BCUT2D eigenvalue weighted by Crippen LogP contribution is -2.00. The second-order valence-corrected chi connectivity index (χ2v) is 8.54. The molecule has 0 aliphatic rings. The molecule has 3 aromatic carbocycles. The van der Waals surface area contributed by atoms with Crippen molar-refractivity contribution in [2.75, 3.05) is 13.7 Å². The molecule has 3 aromatic rings. The molecule has 0 unspecified atom stereocenters. The minimum Gasteiger partial charge on any atom is -0.494 e. The van der Waals surface area contributed by atoms with E-state index in [-0.39, 0.29) is 5.97 Å². The summed E-state index contributed by atoms with van der Waals surface area (Å²) in [6, 6.07) is 20.1. The van der Waals surface area contributed by atoms with Crippen LogP contribution in [0.15, 0.2) is 60.7 Å². The van der Waals surface area contributed by atoms with Gasteiger partial charge in [-0.2, -0.15) is 0 Å². The zero-order valence-electron chi connectivity index (χ0n) is 20.0. The van der Waals surface area contributed by atoms with Gasteiger partial charge in [0.15, 0.2) is 0 Å². The molecule has 0 radical (unpaired) electrons. The van der Waals surface area contributed by atoms with Gasteiger partial charge < -0.3 is 9.47 Å². The van der Waals surface area contributed by atoms with Crippen LogP contribution >= 0.6 is 0 Å². The first-order valence-corrected chi connectivity index (χ1v) is 12.2. The number of hydrogen-bond acceptors (Lipinski definition) is 3. The molecule has 174 valence electrons. The maximum atomic E-state index is 11.5. The van der Waals surface area contributed by atoms with E-state index in [4.69, 9.17) is 9.47 Å². The van der Waals surface area contributed by atoms with E-state index in [1.165, 1.54) is 62.8 Å². The van der Waals surface area contributed by atoms with Gasteiger partial charge in [0.2, 0.25) is 0 Å². The SMILES string of the molecule is CCCCCCCCCCOc1ccc2cc(C=Cc3ccc(C(=O)OC)cc3)ccc2c1. The standard InChI is InChI=1S/C30H36O3/c1-3-4-5-6-7-8-9-10-21-33-29-20-19-27-22-25(15-18-28(27)23-29)12-11-24-13-16-26(17-14-24)30(31)32-2/h11-20,22-23H,3-10,21H2,1-2H3. The molecule has 0 aliphatic heterocycles. The molecule has 0 aromatic heterocycles. The van der Waals surface area contributed by atoms with Crippen molar-refractivity contribution >= 4 is 28.9 Å². The average Bonchev–Trinajstić information content (AvgIpc) is 2.86. The Bertz CT molecular complexity index is 1030. The Labute approximate surface area is 198 Å². The van der Waals surface area contributed by atoms with Crippen LogP contribution in [-0.4, -0.2) is 19.7 Å². The van der Waals surface area contributed by atoms with Gasteiger partial charge >= 0.3 is 5.97 Å². The monoisotopic (exact) mass is 444 g/mol. The number of methoxy groups -OCH3 is 1. The van der Waals surface area contributed by atoms with Crippen LogP contribution in [0.5, 0.6) is 5.75 Å². The molecule has 0 saturated heterocycles.